The highest BCUT2D eigenvalue weighted by Crippen LogP contribution is 2.02. The van der Waals surface area contributed by atoms with Gasteiger partial charge in [0.15, 0.2) is 5.78 Å². The summed E-state index contributed by atoms with van der Waals surface area (Å²) in [5.41, 5.74) is 0. The Morgan fingerprint density at radius 2 is 2.20 bits per heavy atom. The number of Topliss-reactive ketones (excluding diaryl/α,β-unsaturated/α-hetero) is 1. The van der Waals surface area contributed by atoms with E-state index in [0.717, 1.165) is 6.42 Å². The minimum atomic E-state index is -0.292. The molecule has 1 aliphatic rings. The zero-order valence-corrected chi connectivity index (χ0v) is 9.21. The molecule has 0 radical (unpaired) electrons. The average Bonchev–Trinajstić information content (AvgIpc) is 2.66. The summed E-state index contributed by atoms with van der Waals surface area (Å²) in [6, 6.07) is -0.210. The fraction of sp³-hybridized carbons (Fsp3) is 0.800. The van der Waals surface area contributed by atoms with Crippen LogP contribution in [-0.4, -0.2) is 37.6 Å². The molecule has 1 unspecified atom stereocenters. The largest absolute Gasteiger partial charge is 0.379 e. The van der Waals surface area contributed by atoms with E-state index in [1.807, 2.05) is 13.8 Å². The third-order valence-corrected chi connectivity index (χ3v) is 2.33. The molecule has 0 aromatic carbocycles. The number of rotatable bonds is 4. The van der Waals surface area contributed by atoms with E-state index >= 15 is 0 Å². The molecule has 5 heteroatoms. The van der Waals surface area contributed by atoms with Crippen molar-refractivity contribution in [2.24, 2.45) is 5.92 Å². The molecule has 1 aliphatic heterocycles. The molecule has 1 heterocycles. The molecule has 1 saturated heterocycles. The highest BCUT2D eigenvalue weighted by Gasteiger charge is 2.18. The monoisotopic (exact) mass is 214 g/mol. The molecule has 15 heavy (non-hydrogen) atoms. The lowest BCUT2D eigenvalue weighted by atomic mass is 10.1. The van der Waals surface area contributed by atoms with Crippen LogP contribution in [0.25, 0.3) is 0 Å². The lowest BCUT2D eigenvalue weighted by molar-refractivity contribution is -0.120. The molecule has 0 saturated carbocycles. The van der Waals surface area contributed by atoms with Gasteiger partial charge in [0.05, 0.1) is 19.2 Å². The molecule has 0 aromatic heterocycles. The maximum atomic E-state index is 11.3. The van der Waals surface area contributed by atoms with E-state index in [9.17, 15) is 9.59 Å². The van der Waals surface area contributed by atoms with E-state index in [1.54, 1.807) is 0 Å². The number of ketones is 1. The number of ether oxygens (including phenoxy) is 1. The van der Waals surface area contributed by atoms with Crippen molar-refractivity contribution < 1.29 is 14.3 Å². The predicted molar refractivity (Wildman–Crippen MR) is 55.6 cm³/mol. The Hall–Kier alpha value is -1.10. The van der Waals surface area contributed by atoms with Crippen molar-refractivity contribution in [2.75, 3.05) is 19.8 Å². The van der Waals surface area contributed by atoms with Crippen LogP contribution in [0.5, 0.6) is 0 Å². The van der Waals surface area contributed by atoms with Gasteiger partial charge in [0.25, 0.3) is 0 Å². The second-order valence-electron chi connectivity index (χ2n) is 4.01. The number of urea groups is 1. The molecule has 1 atom stereocenters. The zero-order valence-electron chi connectivity index (χ0n) is 9.21. The number of nitrogens with one attached hydrogen (secondary N) is 2. The van der Waals surface area contributed by atoms with Crippen LogP contribution in [0, 0.1) is 5.92 Å². The lowest BCUT2D eigenvalue weighted by Gasteiger charge is -2.12. The van der Waals surface area contributed by atoms with Gasteiger partial charge in [0, 0.05) is 12.5 Å². The van der Waals surface area contributed by atoms with Crippen LogP contribution in [-0.2, 0) is 9.53 Å². The molecule has 1 fully saturated rings. The summed E-state index contributed by atoms with van der Waals surface area (Å²) in [6.07, 6.45) is 0.839. The fourth-order valence-corrected chi connectivity index (χ4v) is 1.26. The van der Waals surface area contributed by atoms with Crippen LogP contribution in [0.3, 0.4) is 0 Å². The van der Waals surface area contributed by atoms with E-state index in [-0.39, 0.29) is 30.3 Å². The smallest absolute Gasteiger partial charge is 0.315 e. The predicted octanol–water partition coefficient (Wildman–Crippen LogP) is 0.300. The average molecular weight is 214 g/mol. The molecular formula is C10H18N2O3. The second kappa shape index (κ2) is 5.70. The van der Waals surface area contributed by atoms with Gasteiger partial charge >= 0.3 is 6.03 Å². The summed E-state index contributed by atoms with van der Waals surface area (Å²) in [5.74, 6) is -0.00654. The SMILES string of the molecule is CC(C)C(=O)CNC(=O)NC1CCOC1. The molecule has 0 aromatic rings. The summed E-state index contributed by atoms with van der Waals surface area (Å²) in [5, 5.41) is 5.28. The maximum absolute atomic E-state index is 11.3. The van der Waals surface area contributed by atoms with Gasteiger partial charge in [0.1, 0.15) is 0 Å². The van der Waals surface area contributed by atoms with Gasteiger partial charge in [-0.15, -0.1) is 0 Å². The summed E-state index contributed by atoms with van der Waals surface area (Å²) in [4.78, 5) is 22.5. The first-order chi connectivity index (χ1) is 7.09. The maximum Gasteiger partial charge on any atom is 0.315 e. The van der Waals surface area contributed by atoms with Gasteiger partial charge in [-0.1, -0.05) is 13.8 Å². The van der Waals surface area contributed by atoms with Gasteiger partial charge < -0.3 is 15.4 Å². The number of hydrogen-bond acceptors (Lipinski definition) is 3. The Balaban J connectivity index is 2.15. The molecule has 5 nitrogen and oxygen atoms in total. The minimum absolute atomic E-state index is 0.0350. The van der Waals surface area contributed by atoms with Gasteiger partial charge in [-0.25, -0.2) is 4.79 Å². The van der Waals surface area contributed by atoms with Crippen molar-refractivity contribution in [1.82, 2.24) is 10.6 Å². The van der Waals surface area contributed by atoms with Gasteiger partial charge in [-0.2, -0.15) is 0 Å². The topological polar surface area (TPSA) is 67.4 Å². The van der Waals surface area contributed by atoms with Crippen LogP contribution in [0.1, 0.15) is 20.3 Å². The molecule has 0 aliphatic carbocycles. The van der Waals surface area contributed by atoms with Crippen molar-refractivity contribution >= 4 is 11.8 Å². The zero-order chi connectivity index (χ0) is 11.3. The Bertz CT molecular complexity index is 235. The Labute approximate surface area is 89.6 Å². The van der Waals surface area contributed by atoms with Crippen LogP contribution in [0.15, 0.2) is 0 Å². The molecule has 1 rings (SSSR count). The molecule has 2 N–H and O–H groups in total. The Morgan fingerprint density at radius 3 is 2.73 bits per heavy atom. The van der Waals surface area contributed by atoms with E-state index < -0.39 is 0 Å². The van der Waals surface area contributed by atoms with E-state index in [2.05, 4.69) is 10.6 Å². The second-order valence-corrected chi connectivity index (χ2v) is 4.01. The number of carbonyl (C=O) groups is 2. The normalized spacial score (nSPS) is 20.3. The summed E-state index contributed by atoms with van der Waals surface area (Å²) in [6.45, 7) is 4.97. The van der Waals surface area contributed by atoms with Crippen LogP contribution in [0.4, 0.5) is 4.79 Å². The van der Waals surface area contributed by atoms with Gasteiger partial charge in [0.2, 0.25) is 0 Å². The molecule has 0 spiro atoms. The van der Waals surface area contributed by atoms with Crippen LogP contribution in [0.2, 0.25) is 0 Å². The number of hydrogen-bond donors (Lipinski definition) is 2. The standard InChI is InChI=1S/C10H18N2O3/c1-7(2)9(13)5-11-10(14)12-8-3-4-15-6-8/h7-8H,3-6H2,1-2H3,(H2,11,12,14). The highest BCUT2D eigenvalue weighted by atomic mass is 16.5. The van der Waals surface area contributed by atoms with Gasteiger partial charge in [-0.3, -0.25) is 4.79 Å². The molecule has 0 bridgehead atoms. The van der Waals surface area contributed by atoms with Crippen molar-refractivity contribution in [1.29, 1.82) is 0 Å². The molecular weight excluding hydrogens is 196 g/mol. The third kappa shape index (κ3) is 4.29. The summed E-state index contributed by atoms with van der Waals surface area (Å²) in [7, 11) is 0. The van der Waals surface area contributed by atoms with Crippen molar-refractivity contribution in [3.05, 3.63) is 0 Å². The van der Waals surface area contributed by atoms with Gasteiger partial charge in [-0.05, 0) is 6.42 Å². The van der Waals surface area contributed by atoms with Crippen LogP contribution < -0.4 is 10.6 Å². The van der Waals surface area contributed by atoms with Crippen molar-refractivity contribution in [3.8, 4) is 0 Å². The van der Waals surface area contributed by atoms with Crippen LogP contribution >= 0.6 is 0 Å². The fourth-order valence-electron chi connectivity index (χ4n) is 1.26. The summed E-state index contributed by atoms with van der Waals surface area (Å²) >= 11 is 0. The first-order valence-corrected chi connectivity index (χ1v) is 5.24. The van der Waals surface area contributed by atoms with Crippen molar-refractivity contribution in [2.45, 2.75) is 26.3 Å². The molecule has 2 amide bonds. The van der Waals surface area contributed by atoms with E-state index in [1.165, 1.54) is 0 Å². The van der Waals surface area contributed by atoms with Crippen molar-refractivity contribution in [3.63, 3.8) is 0 Å². The number of amides is 2. The first-order valence-electron chi connectivity index (χ1n) is 5.24. The lowest BCUT2D eigenvalue weighted by Crippen LogP contribution is -2.44. The molecule has 86 valence electrons. The highest BCUT2D eigenvalue weighted by molar-refractivity contribution is 5.86. The Morgan fingerprint density at radius 1 is 1.47 bits per heavy atom. The van der Waals surface area contributed by atoms with E-state index in [0.29, 0.717) is 13.2 Å². The minimum Gasteiger partial charge on any atom is -0.379 e. The van der Waals surface area contributed by atoms with E-state index in [4.69, 9.17) is 4.74 Å². The third-order valence-electron chi connectivity index (χ3n) is 2.33. The first kappa shape index (κ1) is 12.0. The quantitative estimate of drug-likeness (QED) is 0.707. The Kier molecular flexibility index (Phi) is 4.55. The number of carbonyl (C=O) groups excluding carboxylic acids is 2. The summed E-state index contributed by atoms with van der Waals surface area (Å²) < 4.78 is 5.11.